The summed E-state index contributed by atoms with van der Waals surface area (Å²) in [4.78, 5) is 0. The summed E-state index contributed by atoms with van der Waals surface area (Å²) < 4.78 is 0. The van der Waals surface area contributed by atoms with Crippen molar-refractivity contribution in [2.75, 3.05) is 0 Å². The quantitative estimate of drug-likeness (QED) is 0.751. The first-order valence-corrected chi connectivity index (χ1v) is 4.96. The molecule has 0 amide bonds. The van der Waals surface area contributed by atoms with Crippen LogP contribution in [0.1, 0.15) is 25.8 Å². The van der Waals surface area contributed by atoms with Gasteiger partial charge in [-0.3, -0.25) is 0 Å². The Morgan fingerprint density at radius 3 is 2.31 bits per heavy atom. The minimum absolute atomic E-state index is 0.204. The molecule has 0 fully saturated rings. The van der Waals surface area contributed by atoms with Gasteiger partial charge in [-0.1, -0.05) is 43.7 Å². The van der Waals surface area contributed by atoms with Gasteiger partial charge >= 0.3 is 0 Å². The lowest BCUT2D eigenvalue weighted by molar-refractivity contribution is 0.123. The lowest BCUT2D eigenvalue weighted by atomic mass is 9.93. The molecule has 72 valence electrons. The van der Waals surface area contributed by atoms with Crippen LogP contribution in [0.3, 0.4) is 0 Å². The topological polar surface area (TPSA) is 20.2 Å². The number of rotatable bonds is 4. The summed E-state index contributed by atoms with van der Waals surface area (Å²) >= 11 is 0. The second-order valence-electron chi connectivity index (χ2n) is 3.60. The molecule has 0 aliphatic heterocycles. The summed E-state index contributed by atoms with van der Waals surface area (Å²) in [6, 6.07) is 10.3. The van der Waals surface area contributed by atoms with E-state index < -0.39 is 0 Å². The first-order chi connectivity index (χ1) is 6.24. The van der Waals surface area contributed by atoms with Crippen molar-refractivity contribution in [2.45, 2.75) is 32.8 Å². The molecule has 0 saturated heterocycles. The van der Waals surface area contributed by atoms with Crippen LogP contribution < -0.4 is 0 Å². The van der Waals surface area contributed by atoms with Crippen molar-refractivity contribution < 1.29 is 5.11 Å². The predicted octanol–water partition coefficient (Wildman–Crippen LogP) is 2.64. The molecule has 0 aromatic heterocycles. The number of benzene rings is 1. The minimum atomic E-state index is -0.204. The maximum Gasteiger partial charge on any atom is 0.0543 e. The summed E-state index contributed by atoms with van der Waals surface area (Å²) in [7, 11) is 0. The Labute approximate surface area is 80.4 Å². The standard InChI is InChI=1S/C12H18O/c1-3-12(10(2)13)9-11-7-5-4-6-8-11/h4-8,10,12-13H,3,9H2,1-2H3. The van der Waals surface area contributed by atoms with E-state index in [-0.39, 0.29) is 6.10 Å². The lowest BCUT2D eigenvalue weighted by Crippen LogP contribution is -2.18. The highest BCUT2D eigenvalue weighted by atomic mass is 16.3. The van der Waals surface area contributed by atoms with Gasteiger partial charge in [-0.25, -0.2) is 0 Å². The Kier molecular flexibility index (Phi) is 3.97. The van der Waals surface area contributed by atoms with E-state index in [0.717, 1.165) is 12.8 Å². The molecular weight excluding hydrogens is 160 g/mol. The van der Waals surface area contributed by atoms with Gasteiger partial charge in [0.1, 0.15) is 0 Å². The molecule has 1 heteroatoms. The van der Waals surface area contributed by atoms with E-state index in [2.05, 4.69) is 19.1 Å². The molecule has 1 aromatic rings. The molecule has 0 bridgehead atoms. The lowest BCUT2D eigenvalue weighted by Gasteiger charge is -2.17. The fourth-order valence-corrected chi connectivity index (χ4v) is 1.57. The molecule has 1 aromatic carbocycles. The fourth-order valence-electron chi connectivity index (χ4n) is 1.57. The van der Waals surface area contributed by atoms with Crippen molar-refractivity contribution in [1.82, 2.24) is 0 Å². The maximum atomic E-state index is 9.47. The Hall–Kier alpha value is -0.820. The molecule has 0 aliphatic rings. The molecule has 2 unspecified atom stereocenters. The molecular formula is C12H18O. The third-order valence-corrected chi connectivity index (χ3v) is 2.55. The second-order valence-corrected chi connectivity index (χ2v) is 3.60. The Bertz CT molecular complexity index is 228. The highest BCUT2D eigenvalue weighted by molar-refractivity contribution is 5.15. The number of hydrogen-bond acceptors (Lipinski definition) is 1. The van der Waals surface area contributed by atoms with Crippen LogP contribution in [-0.2, 0) is 6.42 Å². The summed E-state index contributed by atoms with van der Waals surface area (Å²) in [5.74, 6) is 0.391. The third-order valence-electron chi connectivity index (χ3n) is 2.55. The van der Waals surface area contributed by atoms with Crippen LogP contribution >= 0.6 is 0 Å². The Morgan fingerprint density at radius 1 is 1.23 bits per heavy atom. The van der Waals surface area contributed by atoms with E-state index in [1.165, 1.54) is 5.56 Å². The molecule has 1 N–H and O–H groups in total. The summed E-state index contributed by atoms with van der Waals surface area (Å²) in [5.41, 5.74) is 1.32. The summed E-state index contributed by atoms with van der Waals surface area (Å²) in [6.45, 7) is 4.00. The zero-order valence-electron chi connectivity index (χ0n) is 8.40. The molecule has 1 nitrogen and oxygen atoms in total. The van der Waals surface area contributed by atoms with Crippen LogP contribution in [0, 0.1) is 5.92 Å². The van der Waals surface area contributed by atoms with Crippen LogP contribution in [0.4, 0.5) is 0 Å². The van der Waals surface area contributed by atoms with Gasteiger partial charge in [-0.2, -0.15) is 0 Å². The molecule has 0 saturated carbocycles. The summed E-state index contributed by atoms with van der Waals surface area (Å²) in [5, 5.41) is 9.47. The predicted molar refractivity (Wildman–Crippen MR) is 55.6 cm³/mol. The Balaban J connectivity index is 2.57. The second kappa shape index (κ2) is 5.03. The van der Waals surface area contributed by atoms with Crippen LogP contribution in [-0.4, -0.2) is 11.2 Å². The van der Waals surface area contributed by atoms with Gasteiger partial charge in [0.25, 0.3) is 0 Å². The van der Waals surface area contributed by atoms with E-state index >= 15 is 0 Å². The van der Waals surface area contributed by atoms with Crippen molar-refractivity contribution in [3.8, 4) is 0 Å². The molecule has 13 heavy (non-hydrogen) atoms. The van der Waals surface area contributed by atoms with Gasteiger partial charge < -0.3 is 5.11 Å². The highest BCUT2D eigenvalue weighted by Crippen LogP contribution is 2.15. The van der Waals surface area contributed by atoms with Crippen LogP contribution in [0.15, 0.2) is 30.3 Å². The van der Waals surface area contributed by atoms with Crippen LogP contribution in [0.5, 0.6) is 0 Å². The smallest absolute Gasteiger partial charge is 0.0543 e. The monoisotopic (exact) mass is 178 g/mol. The first kappa shape index (κ1) is 10.3. The van der Waals surface area contributed by atoms with E-state index in [4.69, 9.17) is 0 Å². The zero-order valence-corrected chi connectivity index (χ0v) is 8.40. The molecule has 1 rings (SSSR count). The Morgan fingerprint density at radius 2 is 1.85 bits per heavy atom. The maximum absolute atomic E-state index is 9.47. The van der Waals surface area contributed by atoms with Crippen molar-refractivity contribution in [2.24, 2.45) is 5.92 Å². The van der Waals surface area contributed by atoms with Crippen molar-refractivity contribution in [3.63, 3.8) is 0 Å². The fraction of sp³-hybridized carbons (Fsp3) is 0.500. The van der Waals surface area contributed by atoms with E-state index in [1.807, 2.05) is 25.1 Å². The van der Waals surface area contributed by atoms with E-state index in [1.54, 1.807) is 0 Å². The van der Waals surface area contributed by atoms with E-state index in [9.17, 15) is 5.11 Å². The zero-order chi connectivity index (χ0) is 9.68. The van der Waals surface area contributed by atoms with Gasteiger partial charge in [-0.15, -0.1) is 0 Å². The molecule has 0 heterocycles. The van der Waals surface area contributed by atoms with Gasteiger partial charge in [0.05, 0.1) is 6.10 Å². The molecule has 2 atom stereocenters. The average Bonchev–Trinajstić information content (AvgIpc) is 2.15. The van der Waals surface area contributed by atoms with Crippen LogP contribution in [0.2, 0.25) is 0 Å². The van der Waals surface area contributed by atoms with Crippen molar-refractivity contribution in [1.29, 1.82) is 0 Å². The third kappa shape index (κ3) is 3.19. The summed E-state index contributed by atoms with van der Waals surface area (Å²) in [6.07, 6.45) is 1.81. The van der Waals surface area contributed by atoms with Crippen LogP contribution in [0.25, 0.3) is 0 Å². The highest BCUT2D eigenvalue weighted by Gasteiger charge is 2.12. The van der Waals surface area contributed by atoms with Gasteiger partial charge in [0.15, 0.2) is 0 Å². The van der Waals surface area contributed by atoms with Crippen molar-refractivity contribution in [3.05, 3.63) is 35.9 Å². The van der Waals surface area contributed by atoms with Gasteiger partial charge in [0.2, 0.25) is 0 Å². The number of hydrogen-bond donors (Lipinski definition) is 1. The van der Waals surface area contributed by atoms with Gasteiger partial charge in [0, 0.05) is 0 Å². The van der Waals surface area contributed by atoms with E-state index in [0.29, 0.717) is 5.92 Å². The molecule has 0 radical (unpaired) electrons. The SMILES string of the molecule is CCC(Cc1ccccc1)C(C)O. The first-order valence-electron chi connectivity index (χ1n) is 4.96. The number of aliphatic hydroxyl groups is 1. The van der Waals surface area contributed by atoms with Crippen molar-refractivity contribution >= 4 is 0 Å². The number of aliphatic hydroxyl groups excluding tert-OH is 1. The largest absolute Gasteiger partial charge is 0.393 e. The molecule has 0 spiro atoms. The average molecular weight is 178 g/mol. The molecule has 0 aliphatic carbocycles. The minimum Gasteiger partial charge on any atom is -0.393 e. The normalized spacial score (nSPS) is 15.3. The van der Waals surface area contributed by atoms with Gasteiger partial charge in [-0.05, 0) is 24.8 Å².